The number of non-ortho nitro benzene ring substituents is 1. The molecule has 3 rings (SSSR count). The predicted octanol–water partition coefficient (Wildman–Crippen LogP) is 2.82. The smallest absolute Gasteiger partial charge is 0.406 e. The number of piperazine rings is 1. The molecule has 2 aromatic rings. The summed E-state index contributed by atoms with van der Waals surface area (Å²) >= 11 is 0. The van der Waals surface area contributed by atoms with Gasteiger partial charge in [-0.15, -0.1) is 13.2 Å². The van der Waals surface area contributed by atoms with Gasteiger partial charge in [-0.3, -0.25) is 24.6 Å². The lowest BCUT2D eigenvalue weighted by atomic mass is 10.1. The van der Waals surface area contributed by atoms with Crippen LogP contribution in [-0.4, -0.2) is 65.6 Å². The summed E-state index contributed by atoms with van der Waals surface area (Å²) in [6.07, 6.45) is -4.65. The summed E-state index contributed by atoms with van der Waals surface area (Å²) in [5, 5.41) is 13.3. The molecule has 0 radical (unpaired) electrons. The Hall–Kier alpha value is -3.67. The highest BCUT2D eigenvalue weighted by molar-refractivity contribution is 5.92. The number of alkyl halides is 3. The second-order valence-electron chi connectivity index (χ2n) is 7.38. The van der Waals surface area contributed by atoms with Crippen LogP contribution in [0.4, 0.5) is 24.5 Å². The molecule has 33 heavy (non-hydrogen) atoms. The zero-order valence-electron chi connectivity index (χ0n) is 17.4. The molecule has 0 aliphatic carbocycles. The molecule has 0 unspecified atom stereocenters. The number of nitrogens with zero attached hydrogens (tertiary/aromatic N) is 3. The molecule has 0 atom stereocenters. The first-order valence-electron chi connectivity index (χ1n) is 9.98. The molecule has 2 amide bonds. The summed E-state index contributed by atoms with van der Waals surface area (Å²) in [5.41, 5.74) is 0.981. The Morgan fingerprint density at radius 1 is 1.00 bits per heavy atom. The fraction of sp³-hybridized carbons (Fsp3) is 0.333. The first-order chi connectivity index (χ1) is 15.6. The number of amides is 2. The number of benzene rings is 2. The molecular formula is C21H21F3N4O5. The van der Waals surface area contributed by atoms with Gasteiger partial charge in [-0.05, 0) is 29.8 Å². The van der Waals surface area contributed by atoms with Crippen LogP contribution in [0, 0.1) is 10.1 Å². The monoisotopic (exact) mass is 466 g/mol. The van der Waals surface area contributed by atoms with E-state index in [1.165, 1.54) is 24.3 Å². The van der Waals surface area contributed by atoms with E-state index in [1.807, 2.05) is 4.90 Å². The van der Waals surface area contributed by atoms with Crippen LogP contribution in [-0.2, 0) is 16.0 Å². The summed E-state index contributed by atoms with van der Waals surface area (Å²) in [6, 6.07) is 10.7. The van der Waals surface area contributed by atoms with Crippen LogP contribution >= 0.6 is 0 Å². The van der Waals surface area contributed by atoms with Crippen LogP contribution in [0.25, 0.3) is 0 Å². The van der Waals surface area contributed by atoms with Crippen molar-refractivity contribution in [1.82, 2.24) is 9.80 Å². The van der Waals surface area contributed by atoms with Gasteiger partial charge in [0.1, 0.15) is 5.75 Å². The third-order valence-corrected chi connectivity index (χ3v) is 4.97. The molecular weight excluding hydrogens is 445 g/mol. The number of carbonyl (C=O) groups excluding carboxylic acids is 2. The number of nitro benzene ring substituents is 1. The quantitative estimate of drug-likeness (QED) is 0.497. The van der Waals surface area contributed by atoms with Gasteiger partial charge in [-0.2, -0.15) is 0 Å². The van der Waals surface area contributed by atoms with Crippen molar-refractivity contribution in [2.24, 2.45) is 0 Å². The number of hydrogen-bond acceptors (Lipinski definition) is 6. The van der Waals surface area contributed by atoms with Crippen LogP contribution in [0.5, 0.6) is 5.75 Å². The third kappa shape index (κ3) is 7.45. The van der Waals surface area contributed by atoms with Crippen LogP contribution < -0.4 is 10.1 Å². The van der Waals surface area contributed by atoms with Gasteiger partial charge in [0.2, 0.25) is 11.8 Å². The van der Waals surface area contributed by atoms with E-state index in [-0.39, 0.29) is 36.2 Å². The van der Waals surface area contributed by atoms with Crippen LogP contribution in [0.2, 0.25) is 0 Å². The largest absolute Gasteiger partial charge is 0.573 e. The molecule has 1 fully saturated rings. The van der Waals surface area contributed by atoms with Crippen molar-refractivity contribution in [2.45, 2.75) is 12.8 Å². The van der Waals surface area contributed by atoms with Crippen molar-refractivity contribution in [2.75, 3.05) is 38.0 Å². The predicted molar refractivity (Wildman–Crippen MR) is 112 cm³/mol. The van der Waals surface area contributed by atoms with Crippen LogP contribution in [0.15, 0.2) is 48.5 Å². The molecule has 1 aliphatic rings. The molecule has 176 valence electrons. The van der Waals surface area contributed by atoms with Crippen LogP contribution in [0.3, 0.4) is 0 Å². The molecule has 1 heterocycles. The van der Waals surface area contributed by atoms with Gasteiger partial charge in [0.05, 0.1) is 17.9 Å². The van der Waals surface area contributed by atoms with E-state index in [2.05, 4.69) is 10.1 Å². The summed E-state index contributed by atoms with van der Waals surface area (Å²) in [6.45, 7) is 1.91. The van der Waals surface area contributed by atoms with Crippen molar-refractivity contribution in [1.29, 1.82) is 0 Å². The fourth-order valence-corrected chi connectivity index (χ4v) is 3.32. The average molecular weight is 466 g/mol. The Labute approximate surface area is 186 Å². The number of carbonyl (C=O) groups is 2. The zero-order chi connectivity index (χ0) is 24.0. The Bertz CT molecular complexity index is 988. The van der Waals surface area contributed by atoms with Gasteiger partial charge in [0, 0.05) is 44.0 Å². The van der Waals surface area contributed by atoms with E-state index in [0.29, 0.717) is 37.4 Å². The standard InChI is InChI=1S/C21H21F3N4O5/c22-21(23,24)33-18-7-3-16(4-8-18)25-19(29)14-26-9-11-27(12-10-26)20(30)13-15-1-5-17(6-2-15)28(31)32/h1-8H,9-14H2,(H,25,29). The maximum atomic E-state index is 12.5. The summed E-state index contributed by atoms with van der Waals surface area (Å²) in [4.78, 5) is 38.5. The maximum Gasteiger partial charge on any atom is 0.573 e. The summed E-state index contributed by atoms with van der Waals surface area (Å²) in [5.74, 6) is -0.811. The number of rotatable bonds is 7. The highest BCUT2D eigenvalue weighted by atomic mass is 19.4. The Morgan fingerprint density at radius 2 is 1.61 bits per heavy atom. The molecule has 9 nitrogen and oxygen atoms in total. The lowest BCUT2D eigenvalue weighted by Crippen LogP contribution is -2.50. The van der Waals surface area contributed by atoms with Gasteiger partial charge in [-0.25, -0.2) is 0 Å². The zero-order valence-corrected chi connectivity index (χ0v) is 17.4. The van der Waals surface area contributed by atoms with E-state index in [9.17, 15) is 32.9 Å². The van der Waals surface area contributed by atoms with Gasteiger partial charge < -0.3 is 15.0 Å². The second-order valence-corrected chi connectivity index (χ2v) is 7.38. The number of anilines is 1. The Balaban J connectivity index is 1.41. The number of halogens is 3. The highest BCUT2D eigenvalue weighted by Crippen LogP contribution is 2.24. The summed E-state index contributed by atoms with van der Waals surface area (Å²) in [7, 11) is 0. The SMILES string of the molecule is O=C(CN1CCN(C(=O)Cc2ccc([N+](=O)[O-])cc2)CC1)Nc1ccc(OC(F)(F)F)cc1. The number of ether oxygens (including phenoxy) is 1. The maximum absolute atomic E-state index is 12.5. The molecule has 1 saturated heterocycles. The summed E-state index contributed by atoms with van der Waals surface area (Å²) < 4.78 is 40.4. The fourth-order valence-electron chi connectivity index (χ4n) is 3.32. The Morgan fingerprint density at radius 3 is 2.15 bits per heavy atom. The molecule has 1 N–H and O–H groups in total. The topological polar surface area (TPSA) is 105 Å². The minimum absolute atomic E-state index is 0.0383. The molecule has 0 aromatic heterocycles. The lowest BCUT2D eigenvalue weighted by molar-refractivity contribution is -0.384. The van der Waals surface area contributed by atoms with E-state index >= 15 is 0 Å². The van der Waals surface area contributed by atoms with E-state index < -0.39 is 11.3 Å². The molecule has 12 heteroatoms. The normalized spacial score (nSPS) is 14.6. The van der Waals surface area contributed by atoms with Gasteiger partial charge >= 0.3 is 6.36 Å². The third-order valence-electron chi connectivity index (χ3n) is 4.97. The molecule has 0 spiro atoms. The first kappa shape index (κ1) is 24.0. The van der Waals surface area contributed by atoms with Crippen molar-refractivity contribution in [3.63, 3.8) is 0 Å². The van der Waals surface area contributed by atoms with Crippen molar-refractivity contribution in [3.05, 3.63) is 64.2 Å². The van der Waals surface area contributed by atoms with Crippen LogP contribution in [0.1, 0.15) is 5.56 Å². The van der Waals surface area contributed by atoms with E-state index in [1.54, 1.807) is 17.0 Å². The van der Waals surface area contributed by atoms with Gasteiger partial charge in [0.25, 0.3) is 5.69 Å². The highest BCUT2D eigenvalue weighted by Gasteiger charge is 2.31. The Kier molecular flexibility index (Phi) is 7.48. The minimum atomic E-state index is -4.78. The van der Waals surface area contributed by atoms with Crippen molar-refractivity contribution >= 4 is 23.2 Å². The lowest BCUT2D eigenvalue weighted by Gasteiger charge is -2.34. The van der Waals surface area contributed by atoms with Crippen molar-refractivity contribution in [3.8, 4) is 5.75 Å². The molecule has 0 bridgehead atoms. The second kappa shape index (κ2) is 10.3. The average Bonchev–Trinajstić information content (AvgIpc) is 2.75. The van der Waals surface area contributed by atoms with Gasteiger partial charge in [0.15, 0.2) is 0 Å². The molecule has 0 saturated carbocycles. The first-order valence-corrected chi connectivity index (χ1v) is 9.98. The van der Waals surface area contributed by atoms with Crippen molar-refractivity contribution < 1.29 is 32.4 Å². The number of hydrogen-bond donors (Lipinski definition) is 1. The van der Waals surface area contributed by atoms with E-state index in [0.717, 1.165) is 12.1 Å². The number of nitrogens with one attached hydrogen (secondary N) is 1. The molecule has 1 aliphatic heterocycles. The van der Waals surface area contributed by atoms with E-state index in [4.69, 9.17) is 0 Å². The molecule has 2 aromatic carbocycles. The number of nitro groups is 1. The minimum Gasteiger partial charge on any atom is -0.406 e. The van der Waals surface area contributed by atoms with Gasteiger partial charge in [-0.1, -0.05) is 12.1 Å².